The zero-order valence-electron chi connectivity index (χ0n) is 10.1. The third-order valence-corrected chi connectivity index (χ3v) is 4.28. The molecule has 2 rings (SSSR count). The topological polar surface area (TPSA) is 35.6 Å². The van der Waals surface area contributed by atoms with E-state index in [1.54, 1.807) is 0 Å². The Kier molecular flexibility index (Phi) is 4.10. The second-order valence-corrected chi connectivity index (χ2v) is 5.80. The summed E-state index contributed by atoms with van der Waals surface area (Å²) in [4.78, 5) is 16.7. The fraction of sp³-hybridized carbons (Fsp3) is 0.909. The monoisotopic (exact) mass is 243 g/mol. The molecule has 0 saturated carbocycles. The van der Waals surface area contributed by atoms with Gasteiger partial charge in [0, 0.05) is 30.8 Å². The Morgan fingerprint density at radius 3 is 2.94 bits per heavy atom. The maximum absolute atomic E-state index is 12.3. The molecule has 2 aliphatic rings. The lowest BCUT2D eigenvalue weighted by molar-refractivity contribution is -0.134. The van der Waals surface area contributed by atoms with E-state index < -0.39 is 0 Å². The van der Waals surface area contributed by atoms with Crippen molar-refractivity contribution < 1.29 is 4.79 Å². The summed E-state index contributed by atoms with van der Waals surface area (Å²) in [5.74, 6) is 2.14. The van der Waals surface area contributed by atoms with Gasteiger partial charge in [0.25, 0.3) is 0 Å². The lowest BCUT2D eigenvalue weighted by atomic mass is 10.2. The zero-order chi connectivity index (χ0) is 11.5. The number of amides is 1. The number of thioether (sulfide) groups is 1. The number of hydrogen-bond donors (Lipinski definition) is 1. The second-order valence-electron chi connectivity index (χ2n) is 4.77. The molecule has 0 radical (unpaired) electrons. The third kappa shape index (κ3) is 2.70. The zero-order valence-corrected chi connectivity index (χ0v) is 10.9. The summed E-state index contributed by atoms with van der Waals surface area (Å²) in [5.41, 5.74) is 0. The number of nitrogens with zero attached hydrogens (tertiary/aromatic N) is 2. The SMILES string of the molecule is CC1CN(C)CCCN1C(=O)C1CSCN1. The first-order valence-electron chi connectivity index (χ1n) is 5.98. The summed E-state index contributed by atoms with van der Waals surface area (Å²) in [5, 5.41) is 3.26. The Labute approximate surface area is 102 Å². The fourth-order valence-electron chi connectivity index (χ4n) is 2.45. The van der Waals surface area contributed by atoms with Gasteiger partial charge in [0.15, 0.2) is 0 Å². The Balaban J connectivity index is 1.98. The van der Waals surface area contributed by atoms with Crippen molar-refractivity contribution in [2.24, 2.45) is 0 Å². The van der Waals surface area contributed by atoms with Crippen LogP contribution in [-0.2, 0) is 4.79 Å². The molecule has 2 unspecified atom stereocenters. The minimum atomic E-state index is 0.0517. The fourth-order valence-corrected chi connectivity index (χ4v) is 3.39. The number of likely N-dealkylation sites (N-methyl/N-ethyl adjacent to an activating group) is 1. The van der Waals surface area contributed by atoms with E-state index in [4.69, 9.17) is 0 Å². The standard InChI is InChI=1S/C11H21N3OS/c1-9-6-13(2)4-3-5-14(9)11(15)10-7-16-8-12-10/h9-10,12H,3-8H2,1-2H3. The van der Waals surface area contributed by atoms with Crippen LogP contribution < -0.4 is 5.32 Å². The van der Waals surface area contributed by atoms with E-state index >= 15 is 0 Å². The molecule has 0 aromatic heterocycles. The van der Waals surface area contributed by atoms with Crippen LogP contribution in [0.1, 0.15) is 13.3 Å². The third-order valence-electron chi connectivity index (χ3n) is 3.34. The molecule has 16 heavy (non-hydrogen) atoms. The molecule has 92 valence electrons. The second kappa shape index (κ2) is 5.38. The van der Waals surface area contributed by atoms with Crippen LogP contribution >= 0.6 is 11.8 Å². The average molecular weight is 243 g/mol. The lowest BCUT2D eigenvalue weighted by Gasteiger charge is -2.30. The minimum Gasteiger partial charge on any atom is -0.337 e. The van der Waals surface area contributed by atoms with Gasteiger partial charge in [0.2, 0.25) is 5.91 Å². The largest absolute Gasteiger partial charge is 0.337 e. The molecule has 2 aliphatic heterocycles. The number of carbonyl (C=O) groups is 1. The first-order chi connectivity index (χ1) is 7.68. The van der Waals surface area contributed by atoms with Crippen LogP contribution in [0.5, 0.6) is 0 Å². The molecule has 2 heterocycles. The molecule has 0 aromatic rings. The summed E-state index contributed by atoms with van der Waals surface area (Å²) >= 11 is 1.81. The van der Waals surface area contributed by atoms with Crippen LogP contribution in [0.25, 0.3) is 0 Å². The van der Waals surface area contributed by atoms with Crippen LogP contribution in [0.15, 0.2) is 0 Å². The van der Waals surface area contributed by atoms with E-state index in [1.165, 1.54) is 0 Å². The maximum atomic E-state index is 12.3. The molecular formula is C11H21N3OS. The smallest absolute Gasteiger partial charge is 0.240 e. The highest BCUT2D eigenvalue weighted by Gasteiger charge is 2.31. The normalized spacial score (nSPS) is 32.8. The van der Waals surface area contributed by atoms with Crippen molar-refractivity contribution in [3.8, 4) is 0 Å². The molecule has 0 aromatic carbocycles. The van der Waals surface area contributed by atoms with E-state index in [0.29, 0.717) is 11.9 Å². The number of hydrogen-bond acceptors (Lipinski definition) is 4. The van der Waals surface area contributed by atoms with Crippen molar-refractivity contribution in [2.45, 2.75) is 25.4 Å². The molecule has 0 bridgehead atoms. The molecule has 1 N–H and O–H groups in total. The molecule has 2 atom stereocenters. The Hall–Kier alpha value is -0.260. The van der Waals surface area contributed by atoms with Gasteiger partial charge in [-0.05, 0) is 26.9 Å². The Bertz CT molecular complexity index is 256. The first kappa shape index (κ1) is 12.2. The van der Waals surface area contributed by atoms with E-state index in [9.17, 15) is 4.79 Å². The molecule has 5 heteroatoms. The average Bonchev–Trinajstić information content (AvgIpc) is 2.71. The maximum Gasteiger partial charge on any atom is 0.240 e. The molecule has 0 spiro atoms. The summed E-state index contributed by atoms with van der Waals surface area (Å²) in [6.07, 6.45) is 1.09. The highest BCUT2D eigenvalue weighted by atomic mass is 32.2. The number of carbonyl (C=O) groups excluding carboxylic acids is 1. The summed E-state index contributed by atoms with van der Waals surface area (Å²) in [6.45, 7) is 5.15. The summed E-state index contributed by atoms with van der Waals surface area (Å²) < 4.78 is 0. The van der Waals surface area contributed by atoms with E-state index in [1.807, 2.05) is 11.8 Å². The molecule has 4 nitrogen and oxygen atoms in total. The van der Waals surface area contributed by atoms with Gasteiger partial charge in [-0.25, -0.2) is 0 Å². The predicted molar refractivity (Wildman–Crippen MR) is 67.5 cm³/mol. The van der Waals surface area contributed by atoms with Gasteiger partial charge in [-0.1, -0.05) is 0 Å². The minimum absolute atomic E-state index is 0.0517. The van der Waals surface area contributed by atoms with Crippen molar-refractivity contribution in [1.82, 2.24) is 15.1 Å². The first-order valence-corrected chi connectivity index (χ1v) is 7.14. The Morgan fingerprint density at radius 1 is 1.44 bits per heavy atom. The van der Waals surface area contributed by atoms with Crippen molar-refractivity contribution in [2.75, 3.05) is 38.3 Å². The lowest BCUT2D eigenvalue weighted by Crippen LogP contribution is -2.50. The van der Waals surface area contributed by atoms with Crippen LogP contribution in [-0.4, -0.2) is 66.1 Å². The van der Waals surface area contributed by atoms with Gasteiger partial charge in [-0.3, -0.25) is 10.1 Å². The summed E-state index contributed by atoms with van der Waals surface area (Å²) in [6, 6.07) is 0.392. The van der Waals surface area contributed by atoms with E-state index in [0.717, 1.165) is 37.7 Å². The van der Waals surface area contributed by atoms with Crippen molar-refractivity contribution in [3.05, 3.63) is 0 Å². The van der Waals surface area contributed by atoms with Crippen molar-refractivity contribution in [3.63, 3.8) is 0 Å². The molecule has 2 saturated heterocycles. The molecular weight excluding hydrogens is 222 g/mol. The quantitative estimate of drug-likeness (QED) is 0.714. The number of rotatable bonds is 1. The molecule has 1 amide bonds. The van der Waals surface area contributed by atoms with Gasteiger partial charge in [-0.2, -0.15) is 0 Å². The van der Waals surface area contributed by atoms with Crippen LogP contribution in [0.3, 0.4) is 0 Å². The predicted octanol–water partition coefficient (Wildman–Crippen LogP) is 0.202. The van der Waals surface area contributed by atoms with Crippen molar-refractivity contribution >= 4 is 17.7 Å². The van der Waals surface area contributed by atoms with Gasteiger partial charge in [0.1, 0.15) is 0 Å². The van der Waals surface area contributed by atoms with E-state index in [-0.39, 0.29) is 6.04 Å². The molecule has 2 fully saturated rings. The highest BCUT2D eigenvalue weighted by Crippen LogP contribution is 2.15. The summed E-state index contributed by atoms with van der Waals surface area (Å²) in [7, 11) is 2.13. The number of nitrogens with one attached hydrogen (secondary N) is 1. The highest BCUT2D eigenvalue weighted by molar-refractivity contribution is 7.99. The van der Waals surface area contributed by atoms with Gasteiger partial charge in [0.05, 0.1) is 6.04 Å². The van der Waals surface area contributed by atoms with Crippen LogP contribution in [0.2, 0.25) is 0 Å². The van der Waals surface area contributed by atoms with Crippen LogP contribution in [0, 0.1) is 0 Å². The van der Waals surface area contributed by atoms with E-state index in [2.05, 4.69) is 29.1 Å². The van der Waals surface area contributed by atoms with Crippen molar-refractivity contribution in [1.29, 1.82) is 0 Å². The molecule has 0 aliphatic carbocycles. The van der Waals surface area contributed by atoms with Gasteiger partial charge >= 0.3 is 0 Å². The Morgan fingerprint density at radius 2 is 2.25 bits per heavy atom. The van der Waals surface area contributed by atoms with Crippen LogP contribution in [0.4, 0.5) is 0 Å². The van der Waals surface area contributed by atoms with Gasteiger partial charge < -0.3 is 9.80 Å². The van der Waals surface area contributed by atoms with Gasteiger partial charge in [-0.15, -0.1) is 11.8 Å².